The summed E-state index contributed by atoms with van der Waals surface area (Å²) in [6.07, 6.45) is 5.44. The van der Waals surface area contributed by atoms with E-state index in [4.69, 9.17) is 14.2 Å². The lowest BCUT2D eigenvalue weighted by molar-refractivity contribution is 0.0666. The van der Waals surface area contributed by atoms with Crippen molar-refractivity contribution in [3.8, 4) is 11.5 Å². The minimum Gasteiger partial charge on any atom is -0.488 e. The zero-order chi connectivity index (χ0) is 20.8. The van der Waals surface area contributed by atoms with Crippen LogP contribution in [0.3, 0.4) is 0 Å². The van der Waals surface area contributed by atoms with Crippen molar-refractivity contribution in [2.75, 3.05) is 26.4 Å². The molecule has 1 atom stereocenters. The van der Waals surface area contributed by atoms with Crippen molar-refractivity contribution in [3.05, 3.63) is 60.3 Å². The second-order valence-electron chi connectivity index (χ2n) is 8.59. The fraction of sp³-hybridized carbons (Fsp3) is 0.440. The van der Waals surface area contributed by atoms with E-state index in [9.17, 15) is 0 Å². The molecule has 0 saturated carbocycles. The van der Waals surface area contributed by atoms with Crippen LogP contribution in [0.1, 0.15) is 32.3 Å². The Balaban J connectivity index is 1.26. The zero-order valence-corrected chi connectivity index (χ0v) is 17.9. The highest BCUT2D eigenvalue weighted by molar-refractivity contribution is 5.83. The first-order chi connectivity index (χ1) is 14.6. The zero-order valence-electron chi connectivity index (χ0n) is 17.9. The third-order valence-corrected chi connectivity index (χ3v) is 5.57. The van der Waals surface area contributed by atoms with E-state index in [2.05, 4.69) is 54.6 Å². The monoisotopic (exact) mass is 408 g/mol. The largest absolute Gasteiger partial charge is 0.488 e. The molecule has 2 heterocycles. The number of para-hydroxylation sites is 3. The van der Waals surface area contributed by atoms with Gasteiger partial charge in [-0.3, -0.25) is 0 Å². The first-order valence-electron chi connectivity index (χ1n) is 10.9. The SMILES string of the molecule is CC(C)(Cc1c[nH]c2ccccc12)NCCOc1ccccc1OCC1CCCO1. The van der Waals surface area contributed by atoms with Gasteiger partial charge in [0.2, 0.25) is 0 Å². The quantitative estimate of drug-likeness (QED) is 0.477. The molecule has 2 N–H and O–H groups in total. The van der Waals surface area contributed by atoms with Crippen LogP contribution in [0.2, 0.25) is 0 Å². The number of rotatable bonds is 10. The van der Waals surface area contributed by atoms with E-state index in [1.54, 1.807) is 0 Å². The molecule has 1 fully saturated rings. The van der Waals surface area contributed by atoms with Crippen LogP contribution in [-0.4, -0.2) is 43.0 Å². The maximum absolute atomic E-state index is 6.02. The molecule has 30 heavy (non-hydrogen) atoms. The van der Waals surface area contributed by atoms with Gasteiger partial charge in [-0.15, -0.1) is 0 Å². The van der Waals surface area contributed by atoms with E-state index in [0.29, 0.717) is 13.2 Å². The predicted octanol–water partition coefficient (Wildman–Crippen LogP) is 4.72. The highest BCUT2D eigenvalue weighted by Crippen LogP contribution is 2.27. The summed E-state index contributed by atoms with van der Waals surface area (Å²) >= 11 is 0. The van der Waals surface area contributed by atoms with E-state index < -0.39 is 0 Å². The number of aromatic amines is 1. The maximum atomic E-state index is 6.02. The van der Waals surface area contributed by atoms with Crippen LogP contribution in [0.4, 0.5) is 0 Å². The van der Waals surface area contributed by atoms with Gasteiger partial charge in [-0.1, -0.05) is 30.3 Å². The molecule has 0 aliphatic carbocycles. The van der Waals surface area contributed by atoms with Gasteiger partial charge in [0.1, 0.15) is 13.2 Å². The average Bonchev–Trinajstić information content (AvgIpc) is 3.41. The molecular weight excluding hydrogens is 376 g/mol. The van der Waals surface area contributed by atoms with Crippen molar-refractivity contribution in [1.82, 2.24) is 10.3 Å². The van der Waals surface area contributed by atoms with Gasteiger partial charge in [-0.05, 0) is 56.9 Å². The standard InChI is InChI=1S/C25H32N2O3/c1-25(2,16-19-17-26-22-10-4-3-9-21(19)22)27-13-15-29-23-11-5-6-12-24(23)30-18-20-8-7-14-28-20/h3-6,9-12,17,20,26-27H,7-8,13-16,18H2,1-2H3. The van der Waals surface area contributed by atoms with Crippen LogP contribution in [0.15, 0.2) is 54.7 Å². The van der Waals surface area contributed by atoms with E-state index in [-0.39, 0.29) is 11.6 Å². The molecule has 1 unspecified atom stereocenters. The Kier molecular flexibility index (Phi) is 6.60. The predicted molar refractivity (Wildman–Crippen MR) is 120 cm³/mol. The molecule has 0 amide bonds. The van der Waals surface area contributed by atoms with E-state index >= 15 is 0 Å². The molecule has 1 saturated heterocycles. The van der Waals surface area contributed by atoms with E-state index in [1.165, 1.54) is 16.5 Å². The third kappa shape index (κ3) is 5.35. The molecule has 0 bridgehead atoms. The summed E-state index contributed by atoms with van der Waals surface area (Å²) in [5.74, 6) is 1.57. The van der Waals surface area contributed by atoms with Gasteiger partial charge >= 0.3 is 0 Å². The lowest BCUT2D eigenvalue weighted by Gasteiger charge is -2.26. The number of aromatic nitrogens is 1. The minimum absolute atomic E-state index is 0.0375. The second kappa shape index (κ2) is 9.54. The molecule has 1 aliphatic heterocycles. The average molecular weight is 409 g/mol. The van der Waals surface area contributed by atoms with Crippen molar-refractivity contribution >= 4 is 10.9 Å². The number of hydrogen-bond donors (Lipinski definition) is 2. The topological polar surface area (TPSA) is 55.5 Å². The van der Waals surface area contributed by atoms with Crippen molar-refractivity contribution < 1.29 is 14.2 Å². The Bertz CT molecular complexity index is 944. The molecule has 1 aliphatic rings. The van der Waals surface area contributed by atoms with Gasteiger partial charge in [0.15, 0.2) is 11.5 Å². The van der Waals surface area contributed by atoms with Gasteiger partial charge in [-0.2, -0.15) is 0 Å². The molecule has 2 aromatic carbocycles. The lowest BCUT2D eigenvalue weighted by atomic mass is 9.94. The molecule has 5 heteroatoms. The molecular formula is C25H32N2O3. The Morgan fingerprint density at radius 3 is 2.63 bits per heavy atom. The van der Waals surface area contributed by atoms with Crippen LogP contribution < -0.4 is 14.8 Å². The summed E-state index contributed by atoms with van der Waals surface area (Å²) in [5, 5.41) is 4.92. The van der Waals surface area contributed by atoms with Crippen LogP contribution in [0, 0.1) is 0 Å². The van der Waals surface area contributed by atoms with Gasteiger partial charge in [-0.25, -0.2) is 0 Å². The van der Waals surface area contributed by atoms with Gasteiger partial charge in [0.05, 0.1) is 6.10 Å². The Labute approximate surface area is 178 Å². The summed E-state index contributed by atoms with van der Waals surface area (Å²) < 4.78 is 17.6. The number of nitrogens with one attached hydrogen (secondary N) is 2. The first-order valence-corrected chi connectivity index (χ1v) is 10.9. The highest BCUT2D eigenvalue weighted by atomic mass is 16.5. The Morgan fingerprint density at radius 1 is 1.07 bits per heavy atom. The number of hydrogen-bond acceptors (Lipinski definition) is 4. The number of benzene rings is 2. The summed E-state index contributed by atoms with van der Waals surface area (Å²) in [6.45, 7) is 7.22. The van der Waals surface area contributed by atoms with Crippen LogP contribution in [0.5, 0.6) is 11.5 Å². The van der Waals surface area contributed by atoms with Gasteiger partial charge in [0.25, 0.3) is 0 Å². The van der Waals surface area contributed by atoms with Crippen LogP contribution in [0.25, 0.3) is 10.9 Å². The number of H-pyrrole nitrogens is 1. The fourth-order valence-electron chi connectivity index (χ4n) is 4.01. The van der Waals surface area contributed by atoms with Crippen molar-refractivity contribution in [1.29, 1.82) is 0 Å². The normalized spacial score (nSPS) is 16.8. The molecule has 5 nitrogen and oxygen atoms in total. The molecule has 1 aromatic heterocycles. The lowest BCUT2D eigenvalue weighted by Crippen LogP contribution is -2.43. The smallest absolute Gasteiger partial charge is 0.161 e. The number of ether oxygens (including phenoxy) is 3. The number of fused-ring (bicyclic) bond motifs is 1. The molecule has 160 valence electrons. The molecule has 3 aromatic rings. The summed E-state index contributed by atoms with van der Waals surface area (Å²) in [4.78, 5) is 3.36. The molecule has 0 radical (unpaired) electrons. The highest BCUT2D eigenvalue weighted by Gasteiger charge is 2.20. The van der Waals surface area contributed by atoms with E-state index in [1.807, 2.05) is 24.3 Å². The fourth-order valence-corrected chi connectivity index (χ4v) is 4.01. The van der Waals surface area contributed by atoms with Crippen molar-refractivity contribution in [2.24, 2.45) is 0 Å². The first kappa shape index (κ1) is 20.8. The Hall–Kier alpha value is -2.50. The summed E-state index contributed by atoms with van der Waals surface area (Å²) in [6, 6.07) is 16.3. The summed E-state index contributed by atoms with van der Waals surface area (Å²) in [7, 11) is 0. The second-order valence-corrected chi connectivity index (χ2v) is 8.59. The summed E-state index contributed by atoms with van der Waals surface area (Å²) in [5.41, 5.74) is 2.48. The van der Waals surface area contributed by atoms with Gasteiger partial charge in [0, 0.05) is 35.8 Å². The van der Waals surface area contributed by atoms with Crippen LogP contribution >= 0.6 is 0 Å². The molecule has 0 spiro atoms. The van der Waals surface area contributed by atoms with E-state index in [0.717, 1.165) is 43.9 Å². The van der Waals surface area contributed by atoms with Crippen molar-refractivity contribution in [2.45, 2.75) is 44.8 Å². The molecule has 4 rings (SSSR count). The Morgan fingerprint density at radius 2 is 1.83 bits per heavy atom. The van der Waals surface area contributed by atoms with Crippen molar-refractivity contribution in [3.63, 3.8) is 0 Å². The minimum atomic E-state index is -0.0375. The van der Waals surface area contributed by atoms with Gasteiger partial charge < -0.3 is 24.5 Å². The van der Waals surface area contributed by atoms with Crippen LogP contribution in [-0.2, 0) is 11.2 Å². The third-order valence-electron chi connectivity index (χ3n) is 5.57. The maximum Gasteiger partial charge on any atom is 0.161 e.